The maximum atomic E-state index is 13.5. The number of benzene rings is 3. The summed E-state index contributed by atoms with van der Waals surface area (Å²) in [5.41, 5.74) is 5.07. The van der Waals surface area contributed by atoms with Gasteiger partial charge in [-0.15, -0.1) is 0 Å². The van der Waals surface area contributed by atoms with Crippen LogP contribution >= 0.6 is 0 Å². The lowest BCUT2D eigenvalue weighted by molar-refractivity contribution is 0.0953. The number of carbonyl (C=O) groups excluding carboxylic acids is 1. The Kier molecular flexibility index (Phi) is 6.26. The van der Waals surface area contributed by atoms with Crippen LogP contribution in [0.25, 0.3) is 33.5 Å². The second-order valence-electron chi connectivity index (χ2n) is 8.10. The summed E-state index contributed by atoms with van der Waals surface area (Å²) in [5, 5.41) is 9.61. The number of carbonyl (C=O) groups is 1. The van der Waals surface area contributed by atoms with Crippen molar-refractivity contribution < 1.29 is 13.6 Å². The molecule has 0 saturated carbocycles. The van der Waals surface area contributed by atoms with Gasteiger partial charge >= 0.3 is 0 Å². The molecule has 2 aromatic heterocycles. The first kappa shape index (κ1) is 22.3. The molecule has 8 heteroatoms. The maximum absolute atomic E-state index is 13.5. The van der Waals surface area contributed by atoms with Crippen LogP contribution in [0.15, 0.2) is 79.1 Å². The Morgan fingerprint density at radius 3 is 2.06 bits per heavy atom. The van der Waals surface area contributed by atoms with Gasteiger partial charge in [0.2, 0.25) is 0 Å². The number of hydrogen-bond acceptors (Lipinski definition) is 4. The predicted molar refractivity (Wildman–Crippen MR) is 130 cm³/mol. The first-order valence-electron chi connectivity index (χ1n) is 11.2. The van der Waals surface area contributed by atoms with Gasteiger partial charge in [0, 0.05) is 29.4 Å². The molecule has 0 atom stereocenters. The fourth-order valence-corrected chi connectivity index (χ4v) is 3.82. The first-order chi connectivity index (χ1) is 17.1. The summed E-state index contributed by atoms with van der Waals surface area (Å²) in [6, 6.07) is 17.0. The Hall–Kier alpha value is -4.46. The highest BCUT2D eigenvalue weighted by Crippen LogP contribution is 2.31. The second-order valence-corrected chi connectivity index (χ2v) is 8.10. The number of H-pyrrole nitrogens is 1. The van der Waals surface area contributed by atoms with E-state index in [-0.39, 0.29) is 17.5 Å². The highest BCUT2D eigenvalue weighted by molar-refractivity contribution is 5.98. The molecular weight excluding hydrogens is 448 g/mol. The Morgan fingerprint density at radius 2 is 1.46 bits per heavy atom. The number of nitrogens with one attached hydrogen (secondary N) is 2. The molecule has 0 saturated heterocycles. The number of aromatic nitrogens is 4. The van der Waals surface area contributed by atoms with E-state index in [2.05, 4.69) is 15.5 Å². The minimum absolute atomic E-state index is 0.202. The molecule has 3 aromatic carbocycles. The van der Waals surface area contributed by atoms with Crippen molar-refractivity contribution in [3.8, 4) is 22.5 Å². The molecule has 2 heterocycles. The molecule has 0 bridgehead atoms. The lowest BCUT2D eigenvalue weighted by Gasteiger charge is -2.12. The van der Waals surface area contributed by atoms with E-state index in [0.29, 0.717) is 45.7 Å². The topological polar surface area (TPSA) is 83.6 Å². The minimum Gasteiger partial charge on any atom is -0.352 e. The van der Waals surface area contributed by atoms with Gasteiger partial charge in [-0.1, -0.05) is 0 Å². The molecule has 1 amide bonds. The van der Waals surface area contributed by atoms with Crippen molar-refractivity contribution >= 4 is 16.9 Å². The molecule has 0 aliphatic rings. The SMILES string of the molecule is O=C(NCCCc1cn[nH]c1)c1ccc2nc(-c3ccc(F)cc3)c(-c3ccc(F)cc3)nc2c1. The van der Waals surface area contributed by atoms with Crippen molar-refractivity contribution in [1.82, 2.24) is 25.5 Å². The third-order valence-corrected chi connectivity index (χ3v) is 5.64. The molecule has 6 nitrogen and oxygen atoms in total. The van der Waals surface area contributed by atoms with Crippen LogP contribution in [0.2, 0.25) is 0 Å². The maximum Gasteiger partial charge on any atom is 0.251 e. The molecule has 35 heavy (non-hydrogen) atoms. The summed E-state index contributed by atoms with van der Waals surface area (Å²) in [7, 11) is 0. The van der Waals surface area contributed by atoms with E-state index in [0.717, 1.165) is 18.4 Å². The van der Waals surface area contributed by atoms with Crippen LogP contribution in [-0.4, -0.2) is 32.6 Å². The highest BCUT2D eigenvalue weighted by Gasteiger charge is 2.15. The van der Waals surface area contributed by atoms with Gasteiger partial charge in [-0.3, -0.25) is 9.89 Å². The molecule has 2 N–H and O–H groups in total. The van der Waals surface area contributed by atoms with Crippen LogP contribution in [0.4, 0.5) is 8.78 Å². The molecule has 5 aromatic rings. The smallest absolute Gasteiger partial charge is 0.251 e. The number of rotatable bonds is 7. The van der Waals surface area contributed by atoms with Crippen molar-refractivity contribution in [2.75, 3.05) is 6.54 Å². The van der Waals surface area contributed by atoms with E-state index in [9.17, 15) is 13.6 Å². The van der Waals surface area contributed by atoms with E-state index < -0.39 is 0 Å². The summed E-state index contributed by atoms with van der Waals surface area (Å²) in [5.74, 6) is -0.921. The Balaban J connectivity index is 1.45. The molecular formula is C27H21F2N5O. The van der Waals surface area contributed by atoms with Crippen LogP contribution in [-0.2, 0) is 6.42 Å². The number of aromatic amines is 1. The van der Waals surface area contributed by atoms with Gasteiger partial charge in [-0.2, -0.15) is 5.10 Å². The summed E-state index contributed by atoms with van der Waals surface area (Å²) < 4.78 is 27.1. The van der Waals surface area contributed by atoms with Crippen molar-refractivity contribution in [3.05, 3.63) is 102 Å². The summed E-state index contributed by atoms with van der Waals surface area (Å²) >= 11 is 0. The Bertz CT molecular complexity index is 1470. The number of fused-ring (bicyclic) bond motifs is 1. The minimum atomic E-state index is -0.363. The van der Waals surface area contributed by atoms with Crippen molar-refractivity contribution in [1.29, 1.82) is 0 Å². The van der Waals surface area contributed by atoms with Crippen LogP contribution in [0.5, 0.6) is 0 Å². The zero-order valence-corrected chi connectivity index (χ0v) is 18.6. The van der Waals surface area contributed by atoms with Crippen LogP contribution in [0.3, 0.4) is 0 Å². The quantitative estimate of drug-likeness (QED) is 0.316. The van der Waals surface area contributed by atoms with Gasteiger partial charge in [0.15, 0.2) is 0 Å². The van der Waals surface area contributed by atoms with Crippen molar-refractivity contribution in [3.63, 3.8) is 0 Å². The zero-order chi connectivity index (χ0) is 24.2. The third kappa shape index (κ3) is 5.06. The molecule has 0 fully saturated rings. The van der Waals surface area contributed by atoms with Crippen LogP contribution in [0.1, 0.15) is 22.3 Å². The van der Waals surface area contributed by atoms with Crippen molar-refractivity contribution in [2.45, 2.75) is 12.8 Å². The standard InChI is InChI=1S/C27H21F2N5O/c28-21-8-3-18(4-9-21)25-26(19-5-10-22(29)11-6-19)34-24-14-20(7-12-23(24)33-25)27(35)30-13-1-2-17-15-31-32-16-17/h3-12,14-16H,1-2,13H2,(H,30,35)(H,31,32). The van der Waals surface area contributed by atoms with Gasteiger partial charge in [0.25, 0.3) is 5.91 Å². The molecule has 0 unspecified atom stereocenters. The van der Waals surface area contributed by atoms with Gasteiger partial charge in [0.05, 0.1) is 28.6 Å². The largest absolute Gasteiger partial charge is 0.352 e. The van der Waals surface area contributed by atoms with Gasteiger partial charge < -0.3 is 5.32 Å². The Labute approximate surface area is 200 Å². The fraction of sp³-hybridized carbons (Fsp3) is 0.111. The molecule has 0 radical (unpaired) electrons. The zero-order valence-electron chi connectivity index (χ0n) is 18.6. The van der Waals surface area contributed by atoms with E-state index in [4.69, 9.17) is 9.97 Å². The van der Waals surface area contributed by atoms with Crippen LogP contribution in [0, 0.1) is 11.6 Å². The number of hydrogen-bond donors (Lipinski definition) is 2. The molecule has 5 rings (SSSR count). The van der Waals surface area contributed by atoms with E-state index in [1.807, 2.05) is 6.20 Å². The molecule has 0 aliphatic carbocycles. The average Bonchev–Trinajstić information content (AvgIpc) is 3.40. The summed E-state index contributed by atoms with van der Waals surface area (Å²) in [6.07, 6.45) is 5.20. The number of amides is 1. The normalized spacial score (nSPS) is 11.0. The fourth-order valence-electron chi connectivity index (χ4n) is 3.82. The van der Waals surface area contributed by atoms with Gasteiger partial charge in [-0.25, -0.2) is 18.7 Å². The van der Waals surface area contributed by atoms with Crippen molar-refractivity contribution in [2.24, 2.45) is 0 Å². The van der Waals surface area contributed by atoms with E-state index >= 15 is 0 Å². The Morgan fingerprint density at radius 1 is 0.829 bits per heavy atom. The average molecular weight is 469 g/mol. The number of halogens is 2. The van der Waals surface area contributed by atoms with E-state index in [1.165, 1.54) is 24.3 Å². The summed E-state index contributed by atoms with van der Waals surface area (Å²) in [4.78, 5) is 22.2. The lowest BCUT2D eigenvalue weighted by Crippen LogP contribution is -2.24. The third-order valence-electron chi connectivity index (χ3n) is 5.64. The van der Waals surface area contributed by atoms with Gasteiger partial charge in [0.1, 0.15) is 11.6 Å². The summed E-state index contributed by atoms with van der Waals surface area (Å²) in [6.45, 7) is 0.526. The van der Waals surface area contributed by atoms with E-state index in [1.54, 1.807) is 48.7 Å². The molecule has 174 valence electrons. The number of nitrogens with zero attached hydrogens (tertiary/aromatic N) is 3. The van der Waals surface area contributed by atoms with Gasteiger partial charge in [-0.05, 0) is 85.1 Å². The first-order valence-corrected chi connectivity index (χ1v) is 11.2. The van der Waals surface area contributed by atoms with Crippen LogP contribution < -0.4 is 5.32 Å². The monoisotopic (exact) mass is 469 g/mol. The highest BCUT2D eigenvalue weighted by atomic mass is 19.1. The number of aryl methyl sites for hydroxylation is 1. The molecule has 0 spiro atoms. The second kappa shape index (κ2) is 9.80. The molecule has 0 aliphatic heterocycles. The predicted octanol–water partition coefficient (Wildman–Crippen LogP) is 5.33. The lowest BCUT2D eigenvalue weighted by atomic mass is 10.0.